The Balaban J connectivity index is 1.75. The molecule has 0 radical (unpaired) electrons. The first-order valence-electron chi connectivity index (χ1n) is 7.08. The van der Waals surface area contributed by atoms with Gasteiger partial charge in [-0.1, -0.05) is 17.0 Å². The highest BCUT2D eigenvalue weighted by Gasteiger charge is 2.13. The molecule has 1 N–H and O–H groups in total. The molecular weight excluding hydrogens is 351 g/mol. The first-order valence-corrected chi connectivity index (χ1v) is 8.97. The number of para-hydroxylation sites is 1. The Morgan fingerprint density at radius 3 is 2.76 bits per heavy atom. The lowest BCUT2D eigenvalue weighted by atomic mass is 10.3. The third kappa shape index (κ3) is 3.74. The number of amides is 1. The zero-order valence-corrected chi connectivity index (χ0v) is 13.8. The number of carbonyl (C=O) groups excluding carboxylic acids is 1. The molecule has 130 valence electrons. The van der Waals surface area contributed by atoms with Gasteiger partial charge < -0.3 is 10.2 Å². The number of anilines is 1. The average molecular weight is 364 g/mol. The largest absolute Gasteiger partial charge is 0.385 e. The van der Waals surface area contributed by atoms with Crippen LogP contribution in [-0.4, -0.2) is 42.3 Å². The second kappa shape index (κ2) is 6.48. The molecule has 3 aromatic rings. The molecule has 10 heteroatoms. The van der Waals surface area contributed by atoms with Gasteiger partial charge >= 0.3 is 0 Å². The number of nitrogens with one attached hydrogen (secondary N) is 1. The molecule has 0 fully saturated rings. The Bertz CT molecular complexity index is 1050. The molecule has 0 saturated heterocycles. The molecule has 0 bridgehead atoms. The Morgan fingerprint density at radius 1 is 1.28 bits per heavy atom. The maximum absolute atomic E-state index is 13.5. The van der Waals surface area contributed by atoms with Crippen molar-refractivity contribution in [3.8, 4) is 0 Å². The fourth-order valence-corrected chi connectivity index (χ4v) is 2.71. The summed E-state index contributed by atoms with van der Waals surface area (Å²) < 4.78 is 36.7. The third-order valence-corrected chi connectivity index (χ3v) is 4.39. The molecule has 2 aromatic carbocycles. The molecule has 3 rings (SSSR count). The maximum atomic E-state index is 13.5. The summed E-state index contributed by atoms with van der Waals surface area (Å²) in [5.41, 5.74) is 0.724. The number of sulfone groups is 1. The number of carbonyl (C=O) groups is 1. The van der Waals surface area contributed by atoms with E-state index in [-0.39, 0.29) is 10.6 Å². The van der Waals surface area contributed by atoms with E-state index in [0.29, 0.717) is 11.0 Å². The second-order valence-corrected chi connectivity index (χ2v) is 7.20. The smallest absolute Gasteiger partial charge is 0.265 e. The van der Waals surface area contributed by atoms with Crippen LogP contribution in [0.25, 0.3) is 11.0 Å². The van der Waals surface area contributed by atoms with Crippen molar-refractivity contribution in [2.24, 2.45) is 0 Å². The van der Waals surface area contributed by atoms with Gasteiger partial charge in [0.25, 0.3) is 5.91 Å². The molecule has 1 amide bonds. The number of halogens is 1. The fourth-order valence-electron chi connectivity index (χ4n) is 2.07. The van der Waals surface area contributed by atoms with E-state index in [0.717, 1.165) is 11.1 Å². The lowest BCUT2D eigenvalue weighted by Gasteiger charge is -2.08. The van der Waals surface area contributed by atoms with Gasteiger partial charge in [-0.15, -0.1) is 5.10 Å². The van der Waals surface area contributed by atoms with Crippen molar-refractivity contribution >= 4 is 32.5 Å². The lowest BCUT2D eigenvalue weighted by Crippen LogP contribution is -2.26. The van der Waals surface area contributed by atoms with Crippen LogP contribution in [0.3, 0.4) is 0 Å². The van der Waals surface area contributed by atoms with E-state index < -0.39 is 28.2 Å². The van der Waals surface area contributed by atoms with E-state index in [9.17, 15) is 17.6 Å². The van der Waals surface area contributed by atoms with Gasteiger partial charge in [0.05, 0.1) is 10.6 Å². The number of aromatic nitrogens is 3. The van der Waals surface area contributed by atoms with Gasteiger partial charge in [0.15, 0.2) is 16.4 Å². The summed E-state index contributed by atoms with van der Waals surface area (Å²) >= 11 is 0. The van der Waals surface area contributed by atoms with Crippen LogP contribution in [0.4, 0.5) is 10.1 Å². The van der Waals surface area contributed by atoms with Gasteiger partial charge in [0.1, 0.15) is 16.9 Å². The predicted molar refractivity (Wildman–Crippen MR) is 87.1 cm³/mol. The van der Waals surface area contributed by atoms with Crippen molar-refractivity contribution in [3.05, 3.63) is 48.3 Å². The van der Waals surface area contributed by atoms with Crippen LogP contribution in [0.1, 0.15) is 0 Å². The van der Waals surface area contributed by atoms with E-state index >= 15 is 0 Å². The Kier molecular flexibility index (Phi) is 4.36. The zero-order valence-electron chi connectivity index (χ0n) is 13.0. The number of rotatable bonds is 5. The summed E-state index contributed by atoms with van der Waals surface area (Å²) in [5, 5.41) is 9.89. The van der Waals surface area contributed by atoms with Gasteiger partial charge in [0.2, 0.25) is 0 Å². The summed E-state index contributed by atoms with van der Waals surface area (Å²) in [6.45, 7) is -0.462. The monoisotopic (exact) mass is 364 g/mol. The van der Waals surface area contributed by atoms with Crippen molar-refractivity contribution in [2.75, 3.05) is 18.2 Å². The summed E-state index contributed by atoms with van der Waals surface area (Å²) in [6, 6.07) is 9.95. The molecule has 0 aliphatic heterocycles. The Labute approximate surface area is 142 Å². The lowest BCUT2D eigenvalue weighted by molar-refractivity contribution is -0.121. The van der Waals surface area contributed by atoms with Crippen LogP contribution >= 0.6 is 0 Å². The van der Waals surface area contributed by atoms with Gasteiger partial charge in [-0.05, 0) is 35.5 Å². The molecule has 1 aromatic heterocycles. The Hall–Kier alpha value is -3.01. The normalized spacial score (nSPS) is 11.4. The minimum atomic E-state index is -3.41. The molecule has 0 aliphatic rings. The van der Waals surface area contributed by atoms with Crippen LogP contribution in [0.15, 0.2) is 47.4 Å². The third-order valence-electron chi connectivity index (χ3n) is 3.28. The fraction of sp³-hybridized carbons (Fsp3) is 0.133. The van der Waals surface area contributed by atoms with E-state index in [1.165, 1.54) is 36.4 Å². The highest BCUT2D eigenvalue weighted by atomic mass is 32.2. The number of nitrogens with zero attached hydrogens (tertiary/aromatic N) is 3. The summed E-state index contributed by atoms with van der Waals surface area (Å²) in [4.78, 5) is 18.1. The Morgan fingerprint density at radius 2 is 2.04 bits per heavy atom. The summed E-state index contributed by atoms with van der Waals surface area (Å²) in [7, 11) is -3.41. The van der Waals surface area contributed by atoms with Crippen molar-refractivity contribution in [1.82, 2.24) is 15.2 Å². The van der Waals surface area contributed by atoms with Gasteiger partial charge in [0, 0.05) is 6.26 Å². The highest BCUT2D eigenvalue weighted by molar-refractivity contribution is 7.90. The quantitative estimate of drug-likeness (QED) is 0.726. The molecule has 0 saturated carbocycles. The number of benzene rings is 2. The first kappa shape index (κ1) is 16.8. The second-order valence-electron chi connectivity index (χ2n) is 5.19. The number of hydrogen-bond donors (Lipinski definition) is 1. The van der Waals surface area contributed by atoms with Crippen LogP contribution < -0.4 is 10.2 Å². The van der Waals surface area contributed by atoms with Gasteiger partial charge in [-0.3, -0.25) is 4.79 Å². The van der Waals surface area contributed by atoms with Gasteiger partial charge in [-0.2, -0.15) is 0 Å². The van der Waals surface area contributed by atoms with E-state index in [4.69, 9.17) is 4.84 Å². The maximum Gasteiger partial charge on any atom is 0.265 e. The van der Waals surface area contributed by atoms with Crippen LogP contribution in [-0.2, 0) is 14.6 Å². The molecule has 0 spiro atoms. The van der Waals surface area contributed by atoms with E-state index in [1.54, 1.807) is 6.07 Å². The van der Waals surface area contributed by atoms with Crippen LogP contribution in [0, 0.1) is 5.82 Å². The summed E-state index contributed by atoms with van der Waals surface area (Å²) in [6.07, 6.45) is 1.07. The first-order chi connectivity index (χ1) is 11.8. The molecule has 8 nitrogen and oxygen atoms in total. The predicted octanol–water partition coefficient (Wildman–Crippen LogP) is 1.04. The minimum Gasteiger partial charge on any atom is -0.385 e. The molecule has 0 atom stereocenters. The van der Waals surface area contributed by atoms with Crippen LogP contribution in [0.2, 0.25) is 0 Å². The van der Waals surface area contributed by atoms with Crippen molar-refractivity contribution in [3.63, 3.8) is 0 Å². The number of hydrogen-bond acceptors (Lipinski definition) is 6. The molecule has 0 aliphatic carbocycles. The molecule has 0 unspecified atom stereocenters. The SMILES string of the molecule is CS(=O)(=O)c1ccc2nnn(OCC(=O)Nc3ccccc3F)c2c1. The van der Waals surface area contributed by atoms with E-state index in [2.05, 4.69) is 15.6 Å². The molecular formula is C15H13FN4O4S. The zero-order chi connectivity index (χ0) is 18.0. The van der Waals surface area contributed by atoms with Gasteiger partial charge in [-0.25, -0.2) is 12.8 Å². The minimum absolute atomic E-state index is 0.0268. The molecule has 1 heterocycles. The summed E-state index contributed by atoms with van der Waals surface area (Å²) in [5.74, 6) is -1.17. The number of fused-ring (bicyclic) bond motifs is 1. The highest BCUT2D eigenvalue weighted by Crippen LogP contribution is 2.17. The standard InChI is InChI=1S/C15H13FN4O4S/c1-25(22,23)10-6-7-13-14(8-10)20(19-18-13)24-9-15(21)17-12-5-3-2-4-11(12)16/h2-8H,9H2,1H3,(H,17,21). The van der Waals surface area contributed by atoms with Crippen LogP contribution in [0.5, 0.6) is 0 Å². The van der Waals surface area contributed by atoms with Crippen molar-refractivity contribution < 1.29 is 22.4 Å². The van der Waals surface area contributed by atoms with Crippen molar-refractivity contribution in [2.45, 2.75) is 4.90 Å². The van der Waals surface area contributed by atoms with E-state index in [1.807, 2.05) is 0 Å². The average Bonchev–Trinajstić information content (AvgIpc) is 2.96. The van der Waals surface area contributed by atoms with Crippen molar-refractivity contribution in [1.29, 1.82) is 0 Å². The topological polar surface area (TPSA) is 103 Å². The molecule has 25 heavy (non-hydrogen) atoms.